The molecule has 3 aromatic heterocycles. The molecule has 0 saturated heterocycles. The van der Waals surface area contributed by atoms with Gasteiger partial charge in [-0.3, -0.25) is 4.98 Å². The lowest BCUT2D eigenvalue weighted by atomic mass is 9.97. The third-order valence-corrected chi connectivity index (χ3v) is 13.6. The normalized spacial score (nSPS) is 11.0. The number of fused-ring (bicyclic) bond motifs is 6. The quantitative estimate of drug-likeness (QED) is 0.149. The molecule has 0 bridgehead atoms. The number of benzene rings is 9. The van der Waals surface area contributed by atoms with Gasteiger partial charge in [-0.1, -0.05) is 140 Å². The molecule has 8 nitrogen and oxygen atoms in total. The number of nitriles is 3. The molecule has 0 aliphatic rings. The Balaban J connectivity index is 1.21. The molecule has 8 heteroatoms. The van der Waals surface area contributed by atoms with Crippen molar-refractivity contribution in [3.8, 4) is 85.2 Å². The molecule has 0 amide bonds. The first-order valence-electron chi connectivity index (χ1n) is 23.1. The van der Waals surface area contributed by atoms with Crippen molar-refractivity contribution in [2.45, 2.75) is 0 Å². The minimum Gasteiger partial charge on any atom is -0.307 e. The van der Waals surface area contributed by atoms with Gasteiger partial charge >= 0.3 is 0 Å². The molecule has 0 atom stereocenters. The Morgan fingerprint density at radius 3 is 1.04 bits per heavy atom. The van der Waals surface area contributed by atoms with Gasteiger partial charge in [0, 0.05) is 32.7 Å². The Hall–Kier alpha value is -10.8. The maximum atomic E-state index is 11.0. The van der Waals surface area contributed by atoms with E-state index in [1.807, 2.05) is 134 Å². The van der Waals surface area contributed by atoms with Crippen LogP contribution in [0.1, 0.15) is 16.7 Å². The van der Waals surface area contributed by atoms with E-state index in [-0.39, 0.29) is 0 Å². The maximum absolute atomic E-state index is 11.0. The highest BCUT2D eigenvalue weighted by atomic mass is 15.0. The fourth-order valence-electron chi connectivity index (χ4n) is 10.1. The monoisotopic (exact) mass is 914 g/mol. The summed E-state index contributed by atoms with van der Waals surface area (Å²) in [5.74, 6) is 0. The van der Waals surface area contributed by atoms with Gasteiger partial charge in [-0.15, -0.1) is 0 Å². The second-order valence-corrected chi connectivity index (χ2v) is 17.5. The van der Waals surface area contributed by atoms with Crippen LogP contribution in [0.15, 0.2) is 207 Å². The van der Waals surface area contributed by atoms with Crippen LogP contribution >= 0.6 is 0 Å². The Kier molecular flexibility index (Phi) is 10.3. The van der Waals surface area contributed by atoms with E-state index in [1.165, 1.54) is 0 Å². The Morgan fingerprint density at radius 2 is 0.708 bits per heavy atom. The van der Waals surface area contributed by atoms with E-state index in [9.17, 15) is 15.8 Å². The van der Waals surface area contributed by atoms with Crippen molar-refractivity contribution in [3.63, 3.8) is 0 Å². The van der Waals surface area contributed by atoms with Gasteiger partial charge in [0.2, 0.25) is 0 Å². The van der Waals surface area contributed by atoms with Crippen LogP contribution in [0.2, 0.25) is 0 Å². The van der Waals surface area contributed by atoms with Gasteiger partial charge in [0.25, 0.3) is 0 Å². The third-order valence-electron chi connectivity index (χ3n) is 13.6. The van der Waals surface area contributed by atoms with Gasteiger partial charge in [0.05, 0.1) is 93.9 Å². The first-order chi connectivity index (χ1) is 35.4. The van der Waals surface area contributed by atoms with Crippen LogP contribution < -0.4 is 0 Å². The highest BCUT2D eigenvalue weighted by Gasteiger charge is 2.25. The van der Waals surface area contributed by atoms with E-state index in [2.05, 4.69) is 110 Å². The predicted octanol–water partition coefficient (Wildman–Crippen LogP) is 16.3. The third kappa shape index (κ3) is 7.08. The minimum atomic E-state index is 0.491. The van der Waals surface area contributed by atoms with Crippen LogP contribution in [0.25, 0.3) is 120 Å². The first kappa shape index (κ1) is 42.5. The van der Waals surface area contributed by atoms with Gasteiger partial charge in [0.1, 0.15) is 0 Å². The average Bonchev–Trinajstić information content (AvgIpc) is 3.95. The molecule has 0 fully saturated rings. The van der Waals surface area contributed by atoms with E-state index >= 15 is 0 Å². The van der Waals surface area contributed by atoms with Crippen molar-refractivity contribution in [2.75, 3.05) is 0 Å². The van der Waals surface area contributed by atoms with E-state index in [0.29, 0.717) is 28.1 Å². The summed E-state index contributed by atoms with van der Waals surface area (Å²) in [6.45, 7) is 15.2. The maximum Gasteiger partial charge on any atom is 0.187 e. The van der Waals surface area contributed by atoms with Crippen LogP contribution in [-0.4, -0.2) is 14.1 Å². The molecule has 0 unspecified atom stereocenters. The first-order valence-corrected chi connectivity index (χ1v) is 23.1. The van der Waals surface area contributed by atoms with Crippen molar-refractivity contribution >= 4 is 55.0 Å². The predicted molar refractivity (Wildman–Crippen MR) is 287 cm³/mol. The lowest BCUT2D eigenvalue weighted by Crippen LogP contribution is -2.06. The molecule has 0 aliphatic carbocycles. The SMILES string of the molecule is [C-]#[N+]c1ccc(-c2ccc3c4ccc(-c5ccc([N+]#[C-])cc5)cc4n(-c4cncc(-n5c6cc(-c7ccc(C#N)cc7)ccc6c6ccc(-c7ccc(C#N)cc7)cc65)c4-c4ccccc4C#N)c3c2)cc1. The molecule has 0 radical (unpaired) electrons. The average molecular weight is 915 g/mol. The smallest absolute Gasteiger partial charge is 0.187 e. The Morgan fingerprint density at radius 1 is 0.375 bits per heavy atom. The van der Waals surface area contributed by atoms with E-state index in [4.69, 9.17) is 18.1 Å². The molecular formula is C64H34N8. The number of aromatic nitrogens is 3. The van der Waals surface area contributed by atoms with Crippen molar-refractivity contribution in [2.24, 2.45) is 0 Å². The molecule has 0 N–H and O–H groups in total. The highest BCUT2D eigenvalue weighted by molar-refractivity contribution is 6.14. The summed E-state index contributed by atoms with van der Waals surface area (Å²) in [5.41, 5.74) is 17.1. The number of hydrogen-bond donors (Lipinski definition) is 0. The minimum absolute atomic E-state index is 0.491. The standard InChI is InChI=1S/C64H34N8/c1-68-51-23-15-44(16-24-51)48-21-29-56-57-30-22-49(45-17-25-52(69-2)26-18-45)34-61(57)72(60(56)33-48)63-39-70-38-62(64(63)53-6-4-3-5-50(53)37-67)71-58-31-46(42-11-7-40(35-65)8-12-42)19-27-54(58)55-28-20-47(32-59(55)71)43-13-9-41(36-66)10-14-43/h3-34,38-39H. The van der Waals surface area contributed by atoms with Crippen LogP contribution in [-0.2, 0) is 0 Å². The number of nitrogens with zero attached hydrogens (tertiary/aromatic N) is 8. The van der Waals surface area contributed by atoms with E-state index in [0.717, 1.165) is 111 Å². The van der Waals surface area contributed by atoms with Crippen LogP contribution in [0.4, 0.5) is 11.4 Å². The second-order valence-electron chi connectivity index (χ2n) is 17.5. The summed E-state index contributed by atoms with van der Waals surface area (Å²) in [6.07, 6.45) is 3.77. The van der Waals surface area contributed by atoms with E-state index in [1.54, 1.807) is 0 Å². The zero-order valence-electron chi connectivity index (χ0n) is 38.2. The molecule has 12 rings (SSSR count). The Labute approximate surface area is 414 Å². The summed E-state index contributed by atoms with van der Waals surface area (Å²) < 4.78 is 4.52. The van der Waals surface area contributed by atoms with Gasteiger partial charge in [0.15, 0.2) is 11.4 Å². The summed E-state index contributed by atoms with van der Waals surface area (Å²) in [4.78, 5) is 12.4. The van der Waals surface area contributed by atoms with Gasteiger partial charge in [-0.2, -0.15) is 15.8 Å². The summed E-state index contributed by atoms with van der Waals surface area (Å²) in [5, 5.41) is 34.3. The second kappa shape index (κ2) is 17.4. The Bertz CT molecular complexity index is 3920. The molecule has 0 spiro atoms. The lowest BCUT2D eigenvalue weighted by Gasteiger charge is -2.20. The van der Waals surface area contributed by atoms with Crippen LogP contribution in [0.3, 0.4) is 0 Å². The van der Waals surface area contributed by atoms with Crippen LogP contribution in [0, 0.1) is 47.1 Å². The van der Waals surface area contributed by atoms with Crippen molar-refractivity contribution in [1.29, 1.82) is 15.8 Å². The molecular weight excluding hydrogens is 881 g/mol. The van der Waals surface area contributed by atoms with Crippen molar-refractivity contribution in [1.82, 2.24) is 14.1 Å². The number of pyridine rings is 1. The molecule has 9 aromatic carbocycles. The lowest BCUT2D eigenvalue weighted by molar-refractivity contribution is 1.09. The van der Waals surface area contributed by atoms with Gasteiger partial charge in [-0.25, -0.2) is 9.69 Å². The van der Waals surface area contributed by atoms with Crippen molar-refractivity contribution in [3.05, 3.63) is 246 Å². The largest absolute Gasteiger partial charge is 0.307 e. The summed E-state index contributed by atoms with van der Waals surface area (Å²) in [7, 11) is 0. The fraction of sp³-hybridized carbons (Fsp3) is 0. The molecule has 0 saturated carbocycles. The zero-order valence-corrected chi connectivity index (χ0v) is 38.2. The highest BCUT2D eigenvalue weighted by Crippen LogP contribution is 2.45. The topological polar surface area (TPSA) is 103 Å². The molecule has 12 aromatic rings. The number of rotatable bonds is 7. The summed E-state index contributed by atoms with van der Waals surface area (Å²) in [6, 6.07) is 70.9. The van der Waals surface area contributed by atoms with Crippen molar-refractivity contribution < 1.29 is 0 Å². The molecule has 330 valence electrons. The van der Waals surface area contributed by atoms with Gasteiger partial charge < -0.3 is 9.13 Å². The number of hydrogen-bond acceptors (Lipinski definition) is 4. The van der Waals surface area contributed by atoms with Crippen LogP contribution in [0.5, 0.6) is 0 Å². The molecule has 3 heterocycles. The molecule has 72 heavy (non-hydrogen) atoms. The molecule has 0 aliphatic heterocycles. The fourth-order valence-corrected chi connectivity index (χ4v) is 10.1. The van der Waals surface area contributed by atoms with E-state index < -0.39 is 0 Å². The summed E-state index contributed by atoms with van der Waals surface area (Å²) >= 11 is 0. The van der Waals surface area contributed by atoms with Gasteiger partial charge in [-0.05, 0) is 99.1 Å². The zero-order chi connectivity index (χ0) is 48.9.